The molecule has 20 heavy (non-hydrogen) atoms. The van der Waals surface area contributed by atoms with Crippen LogP contribution in [-0.2, 0) is 17.9 Å². The monoisotopic (exact) mass is 276 g/mol. The standard InChI is InChI=1S/C14H20N4O2/c1-4-5-15-13-11(9-19)6-16-12-8-18(17-14(12)13)7-10(2)20-3/h4,6,8,10,15,19H,1,5,7,9H2,2-3H3. The Balaban J connectivity index is 2.41. The maximum Gasteiger partial charge on any atom is 0.134 e. The summed E-state index contributed by atoms with van der Waals surface area (Å²) in [6.07, 6.45) is 5.38. The lowest BCUT2D eigenvalue weighted by Crippen LogP contribution is -2.14. The number of anilines is 1. The summed E-state index contributed by atoms with van der Waals surface area (Å²) in [5.41, 5.74) is 3.07. The van der Waals surface area contributed by atoms with Crippen LogP contribution in [0.4, 0.5) is 5.69 Å². The van der Waals surface area contributed by atoms with Crippen molar-refractivity contribution in [2.24, 2.45) is 0 Å². The highest BCUT2D eigenvalue weighted by Crippen LogP contribution is 2.24. The van der Waals surface area contributed by atoms with Gasteiger partial charge in [-0.15, -0.1) is 6.58 Å². The van der Waals surface area contributed by atoms with E-state index < -0.39 is 0 Å². The van der Waals surface area contributed by atoms with Crippen LogP contribution in [0.15, 0.2) is 25.0 Å². The van der Waals surface area contributed by atoms with Crippen molar-refractivity contribution in [3.63, 3.8) is 0 Å². The van der Waals surface area contributed by atoms with E-state index in [1.54, 1.807) is 19.4 Å². The predicted octanol–water partition coefficient (Wildman–Crippen LogP) is 1.56. The van der Waals surface area contributed by atoms with Gasteiger partial charge in [0.05, 0.1) is 31.1 Å². The quantitative estimate of drug-likeness (QED) is 0.751. The van der Waals surface area contributed by atoms with Gasteiger partial charge in [0.25, 0.3) is 0 Å². The first-order valence-electron chi connectivity index (χ1n) is 6.53. The summed E-state index contributed by atoms with van der Waals surface area (Å²) >= 11 is 0. The zero-order chi connectivity index (χ0) is 14.5. The molecule has 6 nitrogen and oxygen atoms in total. The van der Waals surface area contributed by atoms with Gasteiger partial charge in [0.15, 0.2) is 0 Å². The Morgan fingerprint density at radius 1 is 1.60 bits per heavy atom. The van der Waals surface area contributed by atoms with E-state index in [1.807, 2.05) is 17.8 Å². The lowest BCUT2D eigenvalue weighted by Gasteiger charge is -2.09. The molecule has 0 bridgehead atoms. The number of aliphatic hydroxyl groups is 1. The Morgan fingerprint density at radius 3 is 3.05 bits per heavy atom. The van der Waals surface area contributed by atoms with E-state index in [9.17, 15) is 5.11 Å². The number of aliphatic hydroxyl groups excluding tert-OH is 1. The molecule has 1 unspecified atom stereocenters. The molecule has 2 N–H and O–H groups in total. The highest BCUT2D eigenvalue weighted by Gasteiger charge is 2.12. The van der Waals surface area contributed by atoms with Crippen molar-refractivity contribution in [1.82, 2.24) is 14.8 Å². The number of nitrogens with zero attached hydrogens (tertiary/aromatic N) is 3. The van der Waals surface area contributed by atoms with Crippen LogP contribution in [0.1, 0.15) is 12.5 Å². The zero-order valence-corrected chi connectivity index (χ0v) is 11.8. The van der Waals surface area contributed by atoms with Crippen LogP contribution in [-0.4, -0.2) is 39.6 Å². The van der Waals surface area contributed by atoms with E-state index in [1.165, 1.54) is 0 Å². The molecule has 0 amide bonds. The molecule has 108 valence electrons. The molecular formula is C14H20N4O2. The first-order valence-corrected chi connectivity index (χ1v) is 6.53. The van der Waals surface area contributed by atoms with Gasteiger partial charge in [-0.05, 0) is 6.92 Å². The molecule has 1 atom stereocenters. The molecule has 0 saturated heterocycles. The Hall–Kier alpha value is -1.92. The van der Waals surface area contributed by atoms with Crippen LogP contribution in [0.3, 0.4) is 0 Å². The zero-order valence-electron chi connectivity index (χ0n) is 11.8. The summed E-state index contributed by atoms with van der Waals surface area (Å²) in [6.45, 7) is 6.85. The number of aromatic nitrogens is 3. The smallest absolute Gasteiger partial charge is 0.134 e. The number of hydrogen-bond acceptors (Lipinski definition) is 5. The molecule has 2 heterocycles. The van der Waals surface area contributed by atoms with E-state index in [2.05, 4.69) is 22.0 Å². The highest BCUT2D eigenvalue weighted by molar-refractivity contribution is 5.88. The van der Waals surface area contributed by atoms with Crippen LogP contribution < -0.4 is 5.32 Å². The Bertz CT molecular complexity index is 594. The average Bonchev–Trinajstić information content (AvgIpc) is 2.86. The molecule has 0 radical (unpaired) electrons. The van der Waals surface area contributed by atoms with Gasteiger partial charge in [-0.1, -0.05) is 6.08 Å². The maximum absolute atomic E-state index is 9.41. The van der Waals surface area contributed by atoms with Gasteiger partial charge in [0, 0.05) is 25.4 Å². The lowest BCUT2D eigenvalue weighted by molar-refractivity contribution is 0.100. The van der Waals surface area contributed by atoms with Gasteiger partial charge in [-0.25, -0.2) is 0 Å². The fourth-order valence-corrected chi connectivity index (χ4v) is 1.97. The van der Waals surface area contributed by atoms with Gasteiger partial charge >= 0.3 is 0 Å². The number of hydrogen-bond donors (Lipinski definition) is 2. The molecule has 0 fully saturated rings. The summed E-state index contributed by atoms with van der Waals surface area (Å²) in [5.74, 6) is 0. The first-order chi connectivity index (χ1) is 9.69. The third kappa shape index (κ3) is 2.97. The summed E-state index contributed by atoms with van der Waals surface area (Å²) in [5, 5.41) is 17.1. The number of rotatable bonds is 7. The molecule has 0 aliphatic carbocycles. The summed E-state index contributed by atoms with van der Waals surface area (Å²) in [4.78, 5) is 4.32. The van der Waals surface area contributed by atoms with Crippen molar-refractivity contribution in [3.8, 4) is 0 Å². The van der Waals surface area contributed by atoms with Crippen molar-refractivity contribution in [2.45, 2.75) is 26.2 Å². The topological polar surface area (TPSA) is 72.2 Å². The number of nitrogens with one attached hydrogen (secondary N) is 1. The second-order valence-corrected chi connectivity index (χ2v) is 4.62. The van der Waals surface area contributed by atoms with Gasteiger partial charge in [0.2, 0.25) is 0 Å². The molecule has 0 aromatic carbocycles. The molecule has 0 spiro atoms. The largest absolute Gasteiger partial charge is 0.392 e. The minimum Gasteiger partial charge on any atom is -0.392 e. The fourth-order valence-electron chi connectivity index (χ4n) is 1.97. The number of methoxy groups -OCH3 is 1. The van der Waals surface area contributed by atoms with E-state index >= 15 is 0 Å². The van der Waals surface area contributed by atoms with Gasteiger partial charge < -0.3 is 15.2 Å². The molecule has 2 aromatic heterocycles. The molecule has 0 aliphatic rings. The summed E-state index contributed by atoms with van der Waals surface area (Å²) in [7, 11) is 1.67. The van der Waals surface area contributed by atoms with Gasteiger partial charge in [0.1, 0.15) is 11.0 Å². The molecule has 0 saturated carbocycles. The minimum absolute atomic E-state index is 0.0752. The van der Waals surface area contributed by atoms with Crippen LogP contribution in [0.25, 0.3) is 11.0 Å². The molecule has 0 aliphatic heterocycles. The Kier molecular flexibility index (Phi) is 4.70. The summed E-state index contributed by atoms with van der Waals surface area (Å²) < 4.78 is 7.05. The minimum atomic E-state index is -0.0796. The van der Waals surface area contributed by atoms with E-state index in [-0.39, 0.29) is 12.7 Å². The Labute approximate surface area is 118 Å². The van der Waals surface area contributed by atoms with Gasteiger partial charge in [-0.2, -0.15) is 5.10 Å². The second kappa shape index (κ2) is 6.49. The second-order valence-electron chi connectivity index (χ2n) is 4.62. The Morgan fingerprint density at radius 2 is 2.40 bits per heavy atom. The molecule has 6 heteroatoms. The van der Waals surface area contributed by atoms with Crippen molar-refractivity contribution >= 4 is 16.7 Å². The van der Waals surface area contributed by atoms with E-state index in [4.69, 9.17) is 4.74 Å². The maximum atomic E-state index is 9.41. The summed E-state index contributed by atoms with van der Waals surface area (Å²) in [6, 6.07) is 0. The van der Waals surface area contributed by atoms with Crippen molar-refractivity contribution in [1.29, 1.82) is 0 Å². The fraction of sp³-hybridized carbons (Fsp3) is 0.429. The average molecular weight is 276 g/mol. The molecular weight excluding hydrogens is 256 g/mol. The first kappa shape index (κ1) is 14.5. The normalized spacial score (nSPS) is 12.6. The SMILES string of the molecule is C=CCNc1c(CO)cnc2cn(CC(C)OC)nc12. The third-order valence-corrected chi connectivity index (χ3v) is 3.10. The number of fused-ring (bicyclic) bond motifs is 1. The van der Waals surface area contributed by atoms with Crippen LogP contribution in [0, 0.1) is 0 Å². The van der Waals surface area contributed by atoms with Crippen LogP contribution >= 0.6 is 0 Å². The van der Waals surface area contributed by atoms with Crippen molar-refractivity contribution < 1.29 is 9.84 Å². The van der Waals surface area contributed by atoms with Crippen LogP contribution in [0.2, 0.25) is 0 Å². The van der Waals surface area contributed by atoms with Crippen LogP contribution in [0.5, 0.6) is 0 Å². The van der Waals surface area contributed by atoms with E-state index in [0.29, 0.717) is 13.1 Å². The lowest BCUT2D eigenvalue weighted by atomic mass is 10.2. The molecule has 2 aromatic rings. The predicted molar refractivity (Wildman–Crippen MR) is 78.6 cm³/mol. The van der Waals surface area contributed by atoms with Crippen molar-refractivity contribution in [2.75, 3.05) is 19.0 Å². The number of pyridine rings is 1. The number of ether oxygens (including phenoxy) is 1. The highest BCUT2D eigenvalue weighted by atomic mass is 16.5. The van der Waals surface area contributed by atoms with E-state index in [0.717, 1.165) is 22.3 Å². The third-order valence-electron chi connectivity index (χ3n) is 3.10. The van der Waals surface area contributed by atoms with Crippen molar-refractivity contribution in [3.05, 3.63) is 30.6 Å². The molecule has 2 rings (SSSR count). The van der Waals surface area contributed by atoms with Gasteiger partial charge in [-0.3, -0.25) is 9.67 Å².